The molecule has 49 heavy (non-hydrogen) atoms. The molecule has 260 valence electrons. The topological polar surface area (TPSA) is 196 Å². The number of phenols is 1. The van der Waals surface area contributed by atoms with Crippen LogP contribution in [0.25, 0.3) is 10.8 Å². The number of ketones is 1. The molecule has 4 atom stereocenters. The van der Waals surface area contributed by atoms with E-state index in [0.29, 0.717) is 18.4 Å². The molecule has 0 unspecified atom stereocenters. The number of aromatic hydroxyl groups is 1. The van der Waals surface area contributed by atoms with E-state index in [9.17, 15) is 39.0 Å². The number of likely N-dealkylation sites (tertiary alicyclic amines) is 1. The fourth-order valence-corrected chi connectivity index (χ4v) is 6.19. The second-order valence-corrected chi connectivity index (χ2v) is 12.6. The Hall–Kier alpha value is -4.97. The number of fused-ring (bicyclic) bond motifs is 1. The van der Waals surface area contributed by atoms with Gasteiger partial charge in [0.05, 0.1) is 6.04 Å². The van der Waals surface area contributed by atoms with Crippen LogP contribution in [-0.2, 0) is 41.6 Å². The summed E-state index contributed by atoms with van der Waals surface area (Å²) in [6, 6.07) is 16.4. The van der Waals surface area contributed by atoms with E-state index in [4.69, 9.17) is 17.3 Å². The lowest BCUT2D eigenvalue weighted by Crippen LogP contribution is -2.59. The summed E-state index contributed by atoms with van der Waals surface area (Å²) in [5, 5.41) is 26.1. The number of primary amides is 1. The molecular formula is C36H41ClN4O8. The zero-order valence-electron chi connectivity index (χ0n) is 27.0. The van der Waals surface area contributed by atoms with Crippen LogP contribution in [0.4, 0.5) is 0 Å². The fourth-order valence-electron chi connectivity index (χ4n) is 6.12. The Bertz CT molecular complexity index is 1680. The largest absolute Gasteiger partial charge is 0.508 e. The quantitative estimate of drug-likeness (QED) is 0.141. The van der Waals surface area contributed by atoms with Crippen LogP contribution in [0.15, 0.2) is 66.7 Å². The molecule has 0 spiro atoms. The zero-order chi connectivity index (χ0) is 35.5. The summed E-state index contributed by atoms with van der Waals surface area (Å²) in [4.78, 5) is 78.8. The zero-order valence-corrected chi connectivity index (χ0v) is 27.7. The van der Waals surface area contributed by atoms with Gasteiger partial charge >= 0.3 is 5.97 Å². The number of carbonyl (C=O) groups is 6. The average Bonchev–Trinajstić information content (AvgIpc) is 3.09. The molecule has 13 heteroatoms. The number of hydrogen-bond acceptors (Lipinski definition) is 7. The predicted octanol–water partition coefficient (Wildman–Crippen LogP) is 2.85. The Morgan fingerprint density at radius 1 is 0.878 bits per heavy atom. The molecule has 0 aromatic heterocycles. The third-order valence-corrected chi connectivity index (χ3v) is 8.96. The number of hydrogen-bond donors (Lipinski definition) is 5. The number of phenolic OH excluding ortho intramolecular Hbond substituents is 1. The first-order valence-corrected chi connectivity index (χ1v) is 16.7. The number of carboxylic acids is 1. The van der Waals surface area contributed by atoms with E-state index < -0.39 is 71.7 Å². The number of nitrogens with two attached hydrogens (primary N) is 1. The molecule has 3 aromatic rings. The number of aliphatic carboxylic acids is 1. The van der Waals surface area contributed by atoms with Gasteiger partial charge in [-0.05, 0) is 72.6 Å². The second-order valence-electron chi connectivity index (χ2n) is 12.3. The van der Waals surface area contributed by atoms with Crippen molar-refractivity contribution in [1.82, 2.24) is 15.5 Å². The van der Waals surface area contributed by atoms with Crippen molar-refractivity contribution in [3.8, 4) is 5.75 Å². The Morgan fingerprint density at radius 3 is 2.24 bits per heavy atom. The number of amides is 4. The number of nitrogens with one attached hydrogen (secondary N) is 2. The maximum absolute atomic E-state index is 14.0. The van der Waals surface area contributed by atoms with Crippen LogP contribution >= 0.6 is 11.6 Å². The van der Waals surface area contributed by atoms with Gasteiger partial charge in [0.1, 0.15) is 23.7 Å². The highest BCUT2D eigenvalue weighted by Gasteiger charge is 2.38. The maximum Gasteiger partial charge on any atom is 0.303 e. The molecular weight excluding hydrogens is 652 g/mol. The molecule has 1 heterocycles. The van der Waals surface area contributed by atoms with Gasteiger partial charge in [-0.15, -0.1) is 11.6 Å². The number of Topliss-reactive ketones (excluding diaryl/α,β-unsaturated/α-hetero) is 1. The van der Waals surface area contributed by atoms with Crippen LogP contribution < -0.4 is 16.4 Å². The number of carbonyl (C=O) groups excluding carboxylic acids is 5. The normalized spacial score (nSPS) is 16.3. The Balaban J connectivity index is 1.59. The molecule has 4 amide bonds. The summed E-state index contributed by atoms with van der Waals surface area (Å²) < 4.78 is 0. The lowest BCUT2D eigenvalue weighted by Gasteiger charge is -2.37. The van der Waals surface area contributed by atoms with Crippen LogP contribution in [-0.4, -0.2) is 81.0 Å². The summed E-state index contributed by atoms with van der Waals surface area (Å²) in [7, 11) is 0. The number of rotatable bonds is 16. The first-order valence-electron chi connectivity index (χ1n) is 16.2. The summed E-state index contributed by atoms with van der Waals surface area (Å²) in [6.45, 7) is 0.191. The SMILES string of the molecule is NC(=O)[C@@H](CC(=O)[C@H](Cc1ccc2ccccc2c1)NC(=O)[C@@H]1CCCCN1C(=O)[C@H](CCC(=O)O)NC(=O)CCl)Cc1ccc(O)cc1. The molecule has 0 aliphatic carbocycles. The first kappa shape index (κ1) is 36.9. The summed E-state index contributed by atoms with van der Waals surface area (Å²) >= 11 is 5.63. The van der Waals surface area contributed by atoms with E-state index in [-0.39, 0.29) is 44.4 Å². The van der Waals surface area contributed by atoms with Gasteiger partial charge in [-0.2, -0.15) is 0 Å². The lowest BCUT2D eigenvalue weighted by atomic mass is 9.89. The van der Waals surface area contributed by atoms with Crippen molar-refractivity contribution in [2.45, 2.75) is 69.5 Å². The average molecular weight is 693 g/mol. The molecule has 1 aliphatic rings. The molecule has 3 aromatic carbocycles. The second kappa shape index (κ2) is 17.4. The summed E-state index contributed by atoms with van der Waals surface area (Å²) in [6.07, 6.45) is 0.898. The van der Waals surface area contributed by atoms with Crippen molar-refractivity contribution in [2.75, 3.05) is 12.4 Å². The van der Waals surface area contributed by atoms with Gasteiger partial charge in [0.15, 0.2) is 5.78 Å². The highest BCUT2D eigenvalue weighted by Crippen LogP contribution is 2.23. The molecule has 0 saturated carbocycles. The third-order valence-electron chi connectivity index (χ3n) is 8.72. The highest BCUT2D eigenvalue weighted by molar-refractivity contribution is 6.27. The number of alkyl halides is 1. The van der Waals surface area contributed by atoms with Crippen LogP contribution in [0.1, 0.15) is 49.7 Å². The van der Waals surface area contributed by atoms with Crippen molar-refractivity contribution in [3.63, 3.8) is 0 Å². The Morgan fingerprint density at radius 2 is 1.57 bits per heavy atom. The number of benzene rings is 3. The number of carboxylic acid groups (broad SMARTS) is 1. The monoisotopic (exact) mass is 692 g/mol. The van der Waals surface area contributed by atoms with Crippen LogP contribution in [0.2, 0.25) is 0 Å². The number of nitrogens with zero attached hydrogens (tertiary/aromatic N) is 1. The van der Waals surface area contributed by atoms with Crippen LogP contribution in [0.5, 0.6) is 5.75 Å². The minimum Gasteiger partial charge on any atom is -0.508 e. The minimum absolute atomic E-state index is 0.0542. The van der Waals surface area contributed by atoms with Crippen molar-refractivity contribution in [2.24, 2.45) is 11.7 Å². The van der Waals surface area contributed by atoms with Crippen molar-refractivity contribution in [1.29, 1.82) is 0 Å². The van der Waals surface area contributed by atoms with Crippen molar-refractivity contribution >= 4 is 57.8 Å². The smallest absolute Gasteiger partial charge is 0.303 e. The molecule has 4 rings (SSSR count). The van der Waals surface area contributed by atoms with E-state index in [0.717, 1.165) is 16.3 Å². The van der Waals surface area contributed by atoms with Crippen LogP contribution in [0.3, 0.4) is 0 Å². The van der Waals surface area contributed by atoms with Gasteiger partial charge in [-0.3, -0.25) is 28.8 Å². The van der Waals surface area contributed by atoms with Gasteiger partial charge in [-0.1, -0.05) is 54.6 Å². The van der Waals surface area contributed by atoms with Gasteiger partial charge in [0.2, 0.25) is 23.6 Å². The van der Waals surface area contributed by atoms with Gasteiger partial charge < -0.3 is 31.5 Å². The highest BCUT2D eigenvalue weighted by atomic mass is 35.5. The molecule has 12 nitrogen and oxygen atoms in total. The van der Waals surface area contributed by atoms with E-state index in [2.05, 4.69) is 10.6 Å². The molecule has 1 fully saturated rings. The molecule has 0 radical (unpaired) electrons. The number of piperidine rings is 1. The Kier molecular flexibility index (Phi) is 13.1. The fraction of sp³-hybridized carbons (Fsp3) is 0.389. The minimum atomic E-state index is -1.21. The molecule has 0 bridgehead atoms. The van der Waals surface area contributed by atoms with Gasteiger partial charge in [0, 0.05) is 25.3 Å². The lowest BCUT2D eigenvalue weighted by molar-refractivity contribution is -0.146. The van der Waals surface area contributed by atoms with Gasteiger partial charge in [0.25, 0.3) is 0 Å². The predicted molar refractivity (Wildman–Crippen MR) is 183 cm³/mol. The first-order chi connectivity index (χ1) is 23.4. The van der Waals surface area contributed by atoms with E-state index in [1.165, 1.54) is 17.0 Å². The summed E-state index contributed by atoms with van der Waals surface area (Å²) in [5.41, 5.74) is 7.17. The standard InChI is InChI=1S/C36H41ClN4O8/c37-21-32(44)39-28(14-15-33(45)46)36(49)41-16-4-3-7-30(41)35(48)40-29(19-23-8-11-24-5-1-2-6-25(24)18-23)31(43)20-26(34(38)47)17-22-9-12-27(42)13-10-22/h1-2,5-6,8-13,18,26,28-30,42H,3-4,7,14-17,19-21H2,(H2,38,47)(H,39,44)(H,40,48)(H,45,46)/t26-,28+,29+,30+/m1/s1. The third kappa shape index (κ3) is 10.5. The molecule has 1 aliphatic heterocycles. The van der Waals surface area contributed by atoms with E-state index in [1.807, 2.05) is 42.5 Å². The maximum atomic E-state index is 14.0. The van der Waals surface area contributed by atoms with E-state index >= 15 is 0 Å². The van der Waals surface area contributed by atoms with Crippen molar-refractivity contribution in [3.05, 3.63) is 77.9 Å². The van der Waals surface area contributed by atoms with Crippen molar-refractivity contribution < 1.29 is 39.0 Å². The number of halogens is 1. The molecule has 6 N–H and O–H groups in total. The van der Waals surface area contributed by atoms with E-state index in [1.54, 1.807) is 12.1 Å². The summed E-state index contributed by atoms with van der Waals surface area (Å²) in [5.74, 6) is -5.37. The Labute approximate surface area is 289 Å². The molecule has 1 saturated heterocycles. The van der Waals surface area contributed by atoms with Crippen LogP contribution in [0, 0.1) is 5.92 Å². The van der Waals surface area contributed by atoms with Gasteiger partial charge in [-0.25, -0.2) is 0 Å².